The van der Waals surface area contributed by atoms with Crippen LogP contribution in [0.1, 0.15) is 44.7 Å². The summed E-state index contributed by atoms with van der Waals surface area (Å²) in [7, 11) is -4.18. The Morgan fingerprint density at radius 3 is 2.17 bits per heavy atom. The van der Waals surface area contributed by atoms with E-state index in [0.717, 1.165) is 4.31 Å². The van der Waals surface area contributed by atoms with E-state index >= 15 is 0 Å². The highest BCUT2D eigenvalue weighted by Crippen LogP contribution is 2.30. The second-order valence-corrected chi connectivity index (χ2v) is 12.9. The second kappa shape index (κ2) is 14.4. The molecule has 3 aromatic carbocycles. The van der Waals surface area contributed by atoms with Gasteiger partial charge in [0.15, 0.2) is 0 Å². The minimum absolute atomic E-state index is 0.0149. The number of nitrogens with one attached hydrogen (secondary N) is 1. The topological polar surface area (TPSA) is 86.8 Å². The molecule has 0 aliphatic rings. The molecule has 2 amide bonds. The van der Waals surface area contributed by atoms with E-state index in [4.69, 9.17) is 34.8 Å². The number of aryl methyl sites for hydroxylation is 1. The summed E-state index contributed by atoms with van der Waals surface area (Å²) in [5.74, 6) is -0.883. The third-order valence-corrected chi connectivity index (χ3v) is 9.51. The molecule has 2 atom stereocenters. The Morgan fingerprint density at radius 2 is 1.59 bits per heavy atom. The predicted octanol–water partition coefficient (Wildman–Crippen LogP) is 6.87. The van der Waals surface area contributed by atoms with Gasteiger partial charge in [0, 0.05) is 17.6 Å². The van der Waals surface area contributed by atoms with Gasteiger partial charge in [-0.3, -0.25) is 13.9 Å². The molecule has 220 valence electrons. The summed E-state index contributed by atoms with van der Waals surface area (Å²) in [5, 5.41) is 4.05. The molecule has 3 rings (SSSR count). The molecule has 11 heteroatoms. The monoisotopic (exact) mass is 637 g/mol. The van der Waals surface area contributed by atoms with Crippen LogP contribution in [0.25, 0.3) is 0 Å². The summed E-state index contributed by atoms with van der Waals surface area (Å²) in [4.78, 5) is 28.9. The maximum absolute atomic E-state index is 14.2. The van der Waals surface area contributed by atoms with Gasteiger partial charge in [0.25, 0.3) is 10.0 Å². The SMILES string of the molecule is CCC(C)NC(=O)C(CC)N(Cc1ccc(Cl)c(Cl)c1)C(=O)CN(c1ccc(Cl)cc1C)S(=O)(=O)c1ccccc1. The highest BCUT2D eigenvalue weighted by molar-refractivity contribution is 7.92. The first-order chi connectivity index (χ1) is 19.4. The summed E-state index contributed by atoms with van der Waals surface area (Å²) < 4.78 is 28.9. The molecule has 0 bridgehead atoms. The Hall–Kier alpha value is -2.78. The van der Waals surface area contributed by atoms with Crippen molar-refractivity contribution >= 4 is 62.3 Å². The van der Waals surface area contributed by atoms with Crippen molar-refractivity contribution in [3.8, 4) is 0 Å². The average molecular weight is 639 g/mol. The molecule has 3 aromatic rings. The Balaban J connectivity index is 2.10. The summed E-state index contributed by atoms with van der Waals surface area (Å²) in [6, 6.07) is 16.7. The number of halogens is 3. The Bertz CT molecular complexity index is 1490. The van der Waals surface area contributed by atoms with Crippen LogP contribution in [0, 0.1) is 6.92 Å². The van der Waals surface area contributed by atoms with Gasteiger partial charge in [-0.1, -0.05) is 72.9 Å². The maximum atomic E-state index is 14.2. The number of nitrogens with zero attached hydrogens (tertiary/aromatic N) is 2. The lowest BCUT2D eigenvalue weighted by Crippen LogP contribution is -2.53. The fraction of sp³-hybridized carbons (Fsp3) is 0.333. The molecule has 0 saturated heterocycles. The van der Waals surface area contributed by atoms with Crippen molar-refractivity contribution in [2.75, 3.05) is 10.8 Å². The number of amides is 2. The van der Waals surface area contributed by atoms with E-state index in [9.17, 15) is 18.0 Å². The van der Waals surface area contributed by atoms with Crippen LogP contribution in [-0.4, -0.2) is 43.8 Å². The molecule has 0 fully saturated rings. The molecular weight excluding hydrogens is 605 g/mol. The lowest BCUT2D eigenvalue weighted by Gasteiger charge is -2.34. The molecule has 2 unspecified atom stereocenters. The smallest absolute Gasteiger partial charge is 0.264 e. The van der Waals surface area contributed by atoms with Crippen molar-refractivity contribution in [3.05, 3.63) is 92.9 Å². The average Bonchev–Trinajstić information content (AvgIpc) is 2.94. The van der Waals surface area contributed by atoms with E-state index in [-0.39, 0.29) is 23.4 Å². The number of rotatable bonds is 12. The van der Waals surface area contributed by atoms with E-state index in [1.165, 1.54) is 17.0 Å². The minimum atomic E-state index is -4.18. The predicted molar refractivity (Wildman–Crippen MR) is 166 cm³/mol. The van der Waals surface area contributed by atoms with Crippen molar-refractivity contribution in [1.82, 2.24) is 10.2 Å². The van der Waals surface area contributed by atoms with Gasteiger partial charge in [-0.2, -0.15) is 0 Å². The first-order valence-corrected chi connectivity index (χ1v) is 15.8. The summed E-state index contributed by atoms with van der Waals surface area (Å²) in [5.41, 5.74) is 1.52. The normalized spacial score (nSPS) is 12.9. The van der Waals surface area contributed by atoms with Crippen LogP contribution in [0.15, 0.2) is 71.6 Å². The fourth-order valence-corrected chi connectivity index (χ4v) is 6.37. The van der Waals surface area contributed by atoms with Gasteiger partial charge in [-0.15, -0.1) is 0 Å². The fourth-order valence-electron chi connectivity index (χ4n) is 4.33. The third-order valence-electron chi connectivity index (χ3n) is 6.76. The molecule has 0 spiro atoms. The van der Waals surface area contributed by atoms with Crippen molar-refractivity contribution in [3.63, 3.8) is 0 Å². The number of anilines is 1. The van der Waals surface area contributed by atoms with Crippen molar-refractivity contribution in [1.29, 1.82) is 0 Å². The molecule has 0 aliphatic heterocycles. The summed E-state index contributed by atoms with van der Waals surface area (Å²) in [6.07, 6.45) is 1.02. The number of hydrogen-bond acceptors (Lipinski definition) is 4. The highest BCUT2D eigenvalue weighted by Gasteiger charge is 2.34. The first-order valence-electron chi connectivity index (χ1n) is 13.3. The Morgan fingerprint density at radius 1 is 0.902 bits per heavy atom. The van der Waals surface area contributed by atoms with Crippen LogP contribution in [0.4, 0.5) is 5.69 Å². The maximum Gasteiger partial charge on any atom is 0.264 e. The largest absolute Gasteiger partial charge is 0.352 e. The number of benzene rings is 3. The molecule has 0 aromatic heterocycles. The van der Waals surface area contributed by atoms with E-state index < -0.39 is 28.5 Å². The van der Waals surface area contributed by atoms with Crippen LogP contribution in [-0.2, 0) is 26.2 Å². The zero-order valence-corrected chi connectivity index (χ0v) is 26.5. The van der Waals surface area contributed by atoms with Crippen LogP contribution in [0.5, 0.6) is 0 Å². The molecule has 0 heterocycles. The summed E-state index contributed by atoms with van der Waals surface area (Å²) in [6.45, 7) is 6.83. The number of carbonyl (C=O) groups excluding carboxylic acids is 2. The van der Waals surface area contributed by atoms with E-state index in [1.54, 1.807) is 68.4 Å². The van der Waals surface area contributed by atoms with E-state index in [1.807, 2.05) is 13.8 Å². The minimum Gasteiger partial charge on any atom is -0.352 e. The third kappa shape index (κ3) is 8.16. The molecule has 7 nitrogen and oxygen atoms in total. The second-order valence-electron chi connectivity index (χ2n) is 9.77. The van der Waals surface area contributed by atoms with Crippen molar-refractivity contribution in [2.24, 2.45) is 0 Å². The van der Waals surface area contributed by atoms with Gasteiger partial charge >= 0.3 is 0 Å². The highest BCUT2D eigenvalue weighted by atomic mass is 35.5. The quantitative estimate of drug-likeness (QED) is 0.235. The molecule has 41 heavy (non-hydrogen) atoms. The zero-order valence-electron chi connectivity index (χ0n) is 23.4. The van der Waals surface area contributed by atoms with Crippen LogP contribution in [0.3, 0.4) is 0 Å². The van der Waals surface area contributed by atoms with Gasteiger partial charge in [0.2, 0.25) is 11.8 Å². The molecular formula is C30H34Cl3N3O4S. The number of hydrogen-bond donors (Lipinski definition) is 1. The Labute approximate surface area is 257 Å². The van der Waals surface area contributed by atoms with Crippen molar-refractivity contribution in [2.45, 2.75) is 64.1 Å². The first kappa shape index (κ1) is 32.7. The van der Waals surface area contributed by atoms with Gasteiger partial charge in [-0.05, 0) is 80.3 Å². The number of carbonyl (C=O) groups is 2. The molecule has 1 N–H and O–H groups in total. The van der Waals surface area contributed by atoms with Crippen LogP contribution in [0.2, 0.25) is 15.1 Å². The van der Waals surface area contributed by atoms with Crippen LogP contribution >= 0.6 is 34.8 Å². The van der Waals surface area contributed by atoms with Crippen LogP contribution < -0.4 is 9.62 Å². The van der Waals surface area contributed by atoms with Gasteiger partial charge < -0.3 is 10.2 Å². The van der Waals surface area contributed by atoms with Gasteiger partial charge in [0.05, 0.1) is 20.6 Å². The molecule has 0 aliphatic carbocycles. The van der Waals surface area contributed by atoms with Gasteiger partial charge in [0.1, 0.15) is 12.6 Å². The lowest BCUT2D eigenvalue weighted by atomic mass is 10.1. The van der Waals surface area contributed by atoms with E-state index in [2.05, 4.69) is 5.32 Å². The Kier molecular flexibility index (Phi) is 11.5. The molecule has 0 saturated carbocycles. The standard InChI is InChI=1S/C30H34Cl3N3O4S/c1-5-21(4)34-30(38)27(6-2)35(18-22-12-14-25(32)26(33)17-22)29(37)19-36(28-15-13-23(31)16-20(28)3)41(39,40)24-10-8-7-9-11-24/h7-17,21,27H,5-6,18-19H2,1-4H3,(H,34,38). The summed E-state index contributed by atoms with van der Waals surface area (Å²) >= 11 is 18.5. The molecule has 0 radical (unpaired) electrons. The number of sulfonamides is 1. The lowest BCUT2D eigenvalue weighted by molar-refractivity contribution is -0.140. The van der Waals surface area contributed by atoms with Gasteiger partial charge in [-0.25, -0.2) is 8.42 Å². The van der Waals surface area contributed by atoms with Crippen molar-refractivity contribution < 1.29 is 18.0 Å². The zero-order chi connectivity index (χ0) is 30.3. The van der Waals surface area contributed by atoms with E-state index in [0.29, 0.717) is 44.7 Å².